The van der Waals surface area contributed by atoms with Gasteiger partial charge in [-0.3, -0.25) is 4.55 Å². The second kappa shape index (κ2) is 36.4. The molecule has 0 aromatic carbocycles. The first-order valence-electron chi connectivity index (χ1n) is 20.3. The molecule has 4 nitrogen and oxygen atoms in total. The zero-order chi connectivity index (χ0) is 32.9. The van der Waals surface area contributed by atoms with E-state index in [-0.39, 0.29) is 12.5 Å². The van der Waals surface area contributed by atoms with Crippen LogP contribution in [0.4, 0.5) is 0 Å². The van der Waals surface area contributed by atoms with Crippen molar-refractivity contribution in [2.75, 3.05) is 6.61 Å². The summed E-state index contributed by atoms with van der Waals surface area (Å²) in [5, 5.41) is 0. The molecule has 0 amide bonds. The molecule has 0 aliphatic rings. The molecule has 0 bridgehead atoms. The molecular formula is C40H80O4S. The molecule has 0 spiro atoms. The highest BCUT2D eigenvalue weighted by Gasteiger charge is 2.11. The number of hydrogen-bond acceptors (Lipinski definition) is 3. The van der Waals surface area contributed by atoms with Crippen molar-refractivity contribution in [3.05, 3.63) is 12.2 Å². The van der Waals surface area contributed by atoms with Crippen LogP contribution >= 0.6 is 0 Å². The van der Waals surface area contributed by atoms with E-state index in [0.717, 1.165) is 19.3 Å². The summed E-state index contributed by atoms with van der Waals surface area (Å²) in [6.45, 7) is 4.61. The molecule has 0 saturated carbocycles. The average molecular weight is 657 g/mol. The van der Waals surface area contributed by atoms with Crippen molar-refractivity contribution in [3.8, 4) is 0 Å². The molecule has 0 aliphatic heterocycles. The smallest absolute Gasteiger partial charge is 0.264 e. The Balaban J connectivity index is 3.69. The molecule has 5 heteroatoms. The molecule has 1 N–H and O–H groups in total. The van der Waals surface area contributed by atoms with Crippen LogP contribution in [0.15, 0.2) is 12.2 Å². The first-order valence-corrected chi connectivity index (χ1v) is 21.6. The lowest BCUT2D eigenvalue weighted by Crippen LogP contribution is -2.12. The minimum Gasteiger partial charge on any atom is -0.264 e. The van der Waals surface area contributed by atoms with Gasteiger partial charge < -0.3 is 0 Å². The third kappa shape index (κ3) is 39.7. The molecule has 0 radical (unpaired) electrons. The van der Waals surface area contributed by atoms with Gasteiger partial charge >= 0.3 is 10.4 Å². The summed E-state index contributed by atoms with van der Waals surface area (Å²) in [4.78, 5) is 0. The summed E-state index contributed by atoms with van der Waals surface area (Å²) < 4.78 is 36.0. The lowest BCUT2D eigenvalue weighted by Gasteiger charge is -2.12. The van der Waals surface area contributed by atoms with E-state index in [9.17, 15) is 8.42 Å². The number of allylic oxidation sites excluding steroid dienone is 1. The van der Waals surface area contributed by atoms with Gasteiger partial charge in [0.25, 0.3) is 0 Å². The highest BCUT2D eigenvalue weighted by Crippen LogP contribution is 2.18. The van der Waals surface area contributed by atoms with Gasteiger partial charge in [-0.15, -0.1) is 0 Å². The van der Waals surface area contributed by atoms with Gasteiger partial charge in [0.15, 0.2) is 0 Å². The number of rotatable bonds is 38. The Bertz CT molecular complexity index is 690. The first kappa shape index (κ1) is 44.6. The van der Waals surface area contributed by atoms with Crippen LogP contribution < -0.4 is 0 Å². The molecule has 0 fully saturated rings. The largest absolute Gasteiger partial charge is 0.397 e. The molecule has 270 valence electrons. The van der Waals surface area contributed by atoms with E-state index in [0.29, 0.717) is 0 Å². The summed E-state index contributed by atoms with van der Waals surface area (Å²) in [6.07, 6.45) is 50.0. The lowest BCUT2D eigenvalue weighted by molar-refractivity contribution is 0.234. The van der Waals surface area contributed by atoms with Crippen molar-refractivity contribution in [2.24, 2.45) is 5.92 Å². The summed E-state index contributed by atoms with van der Waals surface area (Å²) in [6, 6.07) is 0. The van der Waals surface area contributed by atoms with Gasteiger partial charge in [-0.2, -0.15) is 8.42 Å². The molecule has 0 aromatic heterocycles. The Morgan fingerprint density at radius 2 is 0.756 bits per heavy atom. The van der Waals surface area contributed by atoms with Gasteiger partial charge in [0, 0.05) is 5.92 Å². The Morgan fingerprint density at radius 1 is 0.467 bits per heavy atom. The van der Waals surface area contributed by atoms with Crippen LogP contribution in [-0.2, 0) is 14.6 Å². The predicted molar refractivity (Wildman–Crippen MR) is 198 cm³/mol. The van der Waals surface area contributed by atoms with Crippen molar-refractivity contribution in [3.63, 3.8) is 0 Å². The summed E-state index contributed by atoms with van der Waals surface area (Å²) in [5.74, 6) is 0.0554. The van der Waals surface area contributed by atoms with Crippen LogP contribution in [0, 0.1) is 5.92 Å². The van der Waals surface area contributed by atoms with Crippen LogP contribution in [0.5, 0.6) is 0 Å². The third-order valence-corrected chi connectivity index (χ3v) is 9.93. The van der Waals surface area contributed by atoms with E-state index in [1.165, 1.54) is 199 Å². The van der Waals surface area contributed by atoms with Crippen LogP contribution in [-0.4, -0.2) is 19.6 Å². The lowest BCUT2D eigenvalue weighted by atomic mass is 9.99. The Hall–Kier alpha value is -0.390. The fraction of sp³-hybridized carbons (Fsp3) is 0.950. The third-order valence-electron chi connectivity index (χ3n) is 9.49. The summed E-state index contributed by atoms with van der Waals surface area (Å²) in [5.41, 5.74) is 0. The summed E-state index contributed by atoms with van der Waals surface area (Å²) in [7, 11) is -4.38. The van der Waals surface area contributed by atoms with Crippen molar-refractivity contribution in [2.45, 2.75) is 232 Å². The van der Waals surface area contributed by atoms with E-state index in [2.05, 4.69) is 26.0 Å². The van der Waals surface area contributed by atoms with Gasteiger partial charge in [-0.1, -0.05) is 225 Å². The number of hydrogen-bond donors (Lipinski definition) is 1. The fourth-order valence-electron chi connectivity index (χ4n) is 6.46. The van der Waals surface area contributed by atoms with Gasteiger partial charge in [0.1, 0.15) is 0 Å². The van der Waals surface area contributed by atoms with E-state index in [1.807, 2.05) is 0 Å². The van der Waals surface area contributed by atoms with E-state index >= 15 is 0 Å². The fourth-order valence-corrected chi connectivity index (χ4v) is 6.81. The zero-order valence-electron chi connectivity index (χ0n) is 30.6. The van der Waals surface area contributed by atoms with Crippen molar-refractivity contribution in [1.29, 1.82) is 0 Å². The molecule has 0 aromatic rings. The molecule has 0 rings (SSSR count). The predicted octanol–water partition coefficient (Wildman–Crippen LogP) is 14.3. The molecule has 0 aliphatic carbocycles. The second-order valence-electron chi connectivity index (χ2n) is 14.1. The monoisotopic (exact) mass is 657 g/mol. The van der Waals surface area contributed by atoms with Gasteiger partial charge in [0.2, 0.25) is 0 Å². The quantitative estimate of drug-likeness (QED) is 0.0408. The normalized spacial score (nSPS) is 12.9. The molecule has 1 atom stereocenters. The van der Waals surface area contributed by atoms with E-state index in [4.69, 9.17) is 8.74 Å². The van der Waals surface area contributed by atoms with E-state index in [1.54, 1.807) is 0 Å². The Kier molecular flexibility index (Phi) is 36.1. The van der Waals surface area contributed by atoms with Crippen LogP contribution in [0.3, 0.4) is 0 Å². The topological polar surface area (TPSA) is 63.6 Å². The molecular weight excluding hydrogens is 577 g/mol. The first-order chi connectivity index (χ1) is 22.0. The average Bonchev–Trinajstić information content (AvgIpc) is 3.02. The highest BCUT2D eigenvalue weighted by atomic mass is 32.3. The second-order valence-corrected chi connectivity index (χ2v) is 15.2. The van der Waals surface area contributed by atoms with E-state index < -0.39 is 10.4 Å². The minimum absolute atomic E-state index is 0.0485. The molecule has 0 heterocycles. The SMILES string of the molecule is CCCCCCCCCCCCCCCCCCCC/C=C/C(CCCCCCCCCCCCCCCC)COS(=O)(=O)O. The molecule has 45 heavy (non-hydrogen) atoms. The maximum absolute atomic E-state index is 11.1. The molecule has 0 saturated heterocycles. The minimum atomic E-state index is -4.38. The number of unbranched alkanes of at least 4 members (excludes halogenated alkanes) is 31. The Morgan fingerprint density at radius 3 is 1.07 bits per heavy atom. The maximum Gasteiger partial charge on any atom is 0.397 e. The summed E-state index contributed by atoms with van der Waals surface area (Å²) >= 11 is 0. The van der Waals surface area contributed by atoms with Crippen molar-refractivity contribution >= 4 is 10.4 Å². The van der Waals surface area contributed by atoms with Crippen molar-refractivity contribution < 1.29 is 17.2 Å². The highest BCUT2D eigenvalue weighted by molar-refractivity contribution is 7.80. The van der Waals surface area contributed by atoms with Crippen molar-refractivity contribution in [1.82, 2.24) is 0 Å². The van der Waals surface area contributed by atoms with Crippen LogP contribution in [0.2, 0.25) is 0 Å². The molecule has 1 unspecified atom stereocenters. The standard InChI is InChI=1S/C40H80O4S/c1-3-5-7-9-11-13-15-17-19-20-21-22-23-24-26-28-30-32-34-36-38-40(39-44-45(41,42)43)37-35-33-31-29-27-25-18-16-14-12-10-8-6-4-2/h36,38,40H,3-35,37,39H2,1-2H3,(H,41,42,43)/b38-36+. The van der Waals surface area contributed by atoms with Crippen LogP contribution in [0.25, 0.3) is 0 Å². The zero-order valence-corrected chi connectivity index (χ0v) is 31.4. The Labute approximate surface area is 283 Å². The van der Waals surface area contributed by atoms with Crippen LogP contribution in [0.1, 0.15) is 232 Å². The van der Waals surface area contributed by atoms with Gasteiger partial charge in [0.05, 0.1) is 6.61 Å². The maximum atomic E-state index is 11.1. The van der Waals surface area contributed by atoms with Gasteiger partial charge in [-0.05, 0) is 19.3 Å². The van der Waals surface area contributed by atoms with Gasteiger partial charge in [-0.25, -0.2) is 4.18 Å².